The van der Waals surface area contributed by atoms with Gasteiger partial charge in [0.1, 0.15) is 23.2 Å². The van der Waals surface area contributed by atoms with Crippen molar-refractivity contribution in [1.82, 2.24) is 29.7 Å². The SMILES string of the molecule is Cc1ncc(N2CC3(CCN(c4cnc5cnn(C6COC6)c5n4)C3)C2)c(C(F)(F)F)n1. The summed E-state index contributed by atoms with van der Waals surface area (Å²) in [7, 11) is 0. The molecule has 6 rings (SSSR count). The molecule has 0 atom stereocenters. The van der Waals surface area contributed by atoms with Gasteiger partial charge in [-0.2, -0.15) is 18.3 Å². The number of alkyl halides is 3. The van der Waals surface area contributed by atoms with Crippen molar-refractivity contribution in [3.8, 4) is 0 Å². The molecule has 3 aromatic rings. The molecule has 0 saturated carbocycles. The van der Waals surface area contributed by atoms with Crippen molar-refractivity contribution in [3.63, 3.8) is 0 Å². The number of anilines is 2. The van der Waals surface area contributed by atoms with E-state index in [9.17, 15) is 13.2 Å². The van der Waals surface area contributed by atoms with E-state index in [0.717, 1.165) is 36.5 Å². The second-order valence-corrected chi connectivity index (χ2v) is 8.89. The Morgan fingerprint density at radius 2 is 1.81 bits per heavy atom. The van der Waals surface area contributed by atoms with Crippen LogP contribution in [-0.2, 0) is 10.9 Å². The van der Waals surface area contributed by atoms with Gasteiger partial charge in [-0.15, -0.1) is 0 Å². The van der Waals surface area contributed by atoms with Crippen LogP contribution in [-0.4, -0.2) is 69.1 Å². The number of aryl methyl sites for hydroxylation is 1. The number of hydrogen-bond donors (Lipinski definition) is 0. The van der Waals surface area contributed by atoms with Crippen LogP contribution in [0.5, 0.6) is 0 Å². The highest BCUT2D eigenvalue weighted by molar-refractivity contribution is 5.71. The molecule has 0 aromatic carbocycles. The zero-order chi connectivity index (χ0) is 22.1. The lowest BCUT2D eigenvalue weighted by atomic mass is 9.78. The molecule has 0 N–H and O–H groups in total. The summed E-state index contributed by atoms with van der Waals surface area (Å²) in [5, 5.41) is 4.40. The Balaban J connectivity index is 1.20. The standard InChI is InChI=1S/C20H21F3N8O/c1-12-24-5-15(17(27-12)20(21,22)23)30-10-19(11-30)2-3-29(9-19)16-6-25-14-4-26-31(18(14)28-16)13-7-32-8-13/h4-6,13H,2-3,7-11H2,1H3. The molecule has 3 aliphatic heterocycles. The summed E-state index contributed by atoms with van der Waals surface area (Å²) in [6.45, 7) is 5.27. The van der Waals surface area contributed by atoms with Gasteiger partial charge >= 0.3 is 6.18 Å². The van der Waals surface area contributed by atoms with Crippen molar-refractivity contribution in [2.24, 2.45) is 5.41 Å². The van der Waals surface area contributed by atoms with Gasteiger partial charge in [0.15, 0.2) is 11.3 Å². The summed E-state index contributed by atoms with van der Waals surface area (Å²) in [6.07, 6.45) is 1.12. The first-order chi connectivity index (χ1) is 15.3. The van der Waals surface area contributed by atoms with E-state index in [0.29, 0.717) is 26.3 Å². The number of nitrogens with zero attached hydrogens (tertiary/aromatic N) is 8. The molecular weight excluding hydrogens is 425 g/mol. The van der Waals surface area contributed by atoms with Crippen LogP contribution in [0.15, 0.2) is 18.6 Å². The highest BCUT2D eigenvalue weighted by Crippen LogP contribution is 2.45. The zero-order valence-corrected chi connectivity index (χ0v) is 17.4. The number of aromatic nitrogens is 6. The topological polar surface area (TPSA) is 85.1 Å². The van der Waals surface area contributed by atoms with E-state index in [-0.39, 0.29) is 23.0 Å². The maximum atomic E-state index is 13.5. The third-order valence-electron chi connectivity index (χ3n) is 6.57. The Morgan fingerprint density at radius 3 is 2.53 bits per heavy atom. The maximum Gasteiger partial charge on any atom is 0.435 e. The van der Waals surface area contributed by atoms with Gasteiger partial charge in [0, 0.05) is 31.6 Å². The van der Waals surface area contributed by atoms with Crippen LogP contribution >= 0.6 is 0 Å². The van der Waals surface area contributed by atoms with Gasteiger partial charge in [-0.1, -0.05) is 0 Å². The highest BCUT2D eigenvalue weighted by Gasteiger charge is 2.50. The van der Waals surface area contributed by atoms with Crippen molar-refractivity contribution in [1.29, 1.82) is 0 Å². The Hall–Kier alpha value is -3.02. The first-order valence-electron chi connectivity index (χ1n) is 10.5. The number of hydrogen-bond acceptors (Lipinski definition) is 8. The molecule has 3 saturated heterocycles. The van der Waals surface area contributed by atoms with Gasteiger partial charge in [-0.25, -0.2) is 24.6 Å². The lowest BCUT2D eigenvalue weighted by Gasteiger charge is -2.49. The minimum absolute atomic E-state index is 0.0556. The molecule has 0 amide bonds. The molecule has 168 valence electrons. The first-order valence-corrected chi connectivity index (χ1v) is 10.5. The summed E-state index contributed by atoms with van der Waals surface area (Å²) in [4.78, 5) is 20.9. The van der Waals surface area contributed by atoms with Crippen molar-refractivity contribution in [2.45, 2.75) is 25.6 Å². The van der Waals surface area contributed by atoms with E-state index in [1.165, 1.54) is 13.1 Å². The quantitative estimate of drug-likeness (QED) is 0.606. The number of rotatable bonds is 3. The van der Waals surface area contributed by atoms with Gasteiger partial charge in [-0.3, -0.25) is 0 Å². The lowest BCUT2D eigenvalue weighted by Crippen LogP contribution is -2.58. The van der Waals surface area contributed by atoms with Gasteiger partial charge in [0.25, 0.3) is 0 Å². The third-order valence-corrected chi connectivity index (χ3v) is 6.57. The molecule has 3 aromatic heterocycles. The summed E-state index contributed by atoms with van der Waals surface area (Å²) >= 11 is 0. The minimum Gasteiger partial charge on any atom is -0.377 e. The van der Waals surface area contributed by atoms with Crippen LogP contribution in [0.3, 0.4) is 0 Å². The minimum atomic E-state index is -4.51. The summed E-state index contributed by atoms with van der Waals surface area (Å²) in [6, 6.07) is 0.182. The molecule has 0 radical (unpaired) electrons. The van der Waals surface area contributed by atoms with Crippen LogP contribution in [0, 0.1) is 12.3 Å². The van der Waals surface area contributed by atoms with Crippen LogP contribution < -0.4 is 9.80 Å². The first kappa shape index (κ1) is 19.6. The van der Waals surface area contributed by atoms with Crippen LogP contribution in [0.25, 0.3) is 11.2 Å². The molecule has 0 unspecified atom stereocenters. The number of fused-ring (bicyclic) bond motifs is 1. The van der Waals surface area contributed by atoms with Gasteiger partial charge in [0.05, 0.1) is 37.5 Å². The average molecular weight is 446 g/mol. The van der Waals surface area contributed by atoms with E-state index < -0.39 is 11.9 Å². The predicted molar refractivity (Wildman–Crippen MR) is 108 cm³/mol. The smallest absolute Gasteiger partial charge is 0.377 e. The normalized spacial score (nSPS) is 20.8. The van der Waals surface area contributed by atoms with E-state index in [4.69, 9.17) is 9.72 Å². The van der Waals surface area contributed by atoms with E-state index in [1.54, 1.807) is 17.3 Å². The fourth-order valence-electron chi connectivity index (χ4n) is 4.82. The van der Waals surface area contributed by atoms with Crippen LogP contribution in [0.2, 0.25) is 0 Å². The molecule has 12 heteroatoms. The largest absolute Gasteiger partial charge is 0.435 e. The molecule has 0 aliphatic carbocycles. The van der Waals surface area contributed by atoms with E-state index >= 15 is 0 Å². The molecule has 9 nitrogen and oxygen atoms in total. The fourth-order valence-corrected chi connectivity index (χ4v) is 4.82. The molecule has 32 heavy (non-hydrogen) atoms. The Labute approximate surface area is 181 Å². The molecule has 3 aliphatic rings. The molecule has 6 heterocycles. The lowest BCUT2D eigenvalue weighted by molar-refractivity contribution is -0.141. The van der Waals surface area contributed by atoms with Crippen molar-refractivity contribution in [2.75, 3.05) is 49.2 Å². The second-order valence-electron chi connectivity index (χ2n) is 8.89. The number of ether oxygens (including phenoxy) is 1. The molecule has 3 fully saturated rings. The summed E-state index contributed by atoms with van der Waals surface area (Å²) in [5.74, 6) is 0.884. The Bertz CT molecular complexity index is 1190. The van der Waals surface area contributed by atoms with E-state index in [1.807, 2.05) is 4.68 Å². The van der Waals surface area contributed by atoms with Crippen molar-refractivity contribution < 1.29 is 17.9 Å². The van der Waals surface area contributed by atoms with Crippen molar-refractivity contribution in [3.05, 3.63) is 30.1 Å². The molecular formula is C20H21F3N8O. The highest BCUT2D eigenvalue weighted by atomic mass is 19.4. The predicted octanol–water partition coefficient (Wildman–Crippen LogP) is 2.23. The molecule has 1 spiro atoms. The van der Waals surface area contributed by atoms with E-state index in [2.05, 4.69) is 25.0 Å². The van der Waals surface area contributed by atoms with Gasteiger partial charge in [0.2, 0.25) is 0 Å². The monoisotopic (exact) mass is 446 g/mol. The third kappa shape index (κ3) is 3.07. The van der Waals surface area contributed by atoms with Gasteiger partial charge < -0.3 is 14.5 Å². The Morgan fingerprint density at radius 1 is 1.03 bits per heavy atom. The molecule has 0 bridgehead atoms. The van der Waals surface area contributed by atoms with Crippen LogP contribution in [0.1, 0.15) is 24.0 Å². The summed E-state index contributed by atoms with van der Waals surface area (Å²) in [5.41, 5.74) is 0.591. The van der Waals surface area contributed by atoms with Gasteiger partial charge in [-0.05, 0) is 13.3 Å². The number of halogens is 3. The maximum absolute atomic E-state index is 13.5. The zero-order valence-electron chi connectivity index (χ0n) is 17.4. The average Bonchev–Trinajstić information content (AvgIpc) is 3.30. The van der Waals surface area contributed by atoms with Crippen molar-refractivity contribution >= 4 is 22.7 Å². The van der Waals surface area contributed by atoms with Crippen LogP contribution in [0.4, 0.5) is 24.7 Å². The second kappa shape index (κ2) is 6.74. The Kier molecular flexibility index (Phi) is 4.14. The summed E-state index contributed by atoms with van der Waals surface area (Å²) < 4.78 is 47.5. The fraction of sp³-hybridized carbons (Fsp3) is 0.550.